The summed E-state index contributed by atoms with van der Waals surface area (Å²) in [6, 6.07) is 2.26. The molecule has 0 bridgehead atoms. The molecule has 0 spiro atoms. The molecule has 0 fully saturated rings. The van der Waals surface area contributed by atoms with Gasteiger partial charge in [0.25, 0.3) is 0 Å². The zero-order valence-electron chi connectivity index (χ0n) is 6.27. The zero-order chi connectivity index (χ0) is 9.30. The molecule has 1 aromatic rings. The van der Waals surface area contributed by atoms with E-state index in [0.717, 1.165) is 6.07 Å². The topological polar surface area (TPSA) is 37.3 Å². The van der Waals surface area contributed by atoms with Crippen molar-refractivity contribution in [2.45, 2.75) is 6.92 Å². The highest BCUT2D eigenvalue weighted by molar-refractivity contribution is 5.87. The fraction of sp³-hybridized carbons (Fsp3) is 0.125. The van der Waals surface area contributed by atoms with E-state index in [9.17, 15) is 13.6 Å². The summed E-state index contributed by atoms with van der Waals surface area (Å²) in [5.74, 6) is -3.87. The predicted molar refractivity (Wildman–Crippen MR) is 38.1 cm³/mol. The third-order valence-electron chi connectivity index (χ3n) is 1.51. The van der Waals surface area contributed by atoms with Crippen molar-refractivity contribution >= 4 is 5.97 Å². The summed E-state index contributed by atoms with van der Waals surface area (Å²) >= 11 is 0. The normalized spacial score (nSPS) is 9.92. The summed E-state index contributed by atoms with van der Waals surface area (Å²) in [6.45, 7) is 1.37. The fourth-order valence-electron chi connectivity index (χ4n) is 0.811. The van der Waals surface area contributed by atoms with Gasteiger partial charge in [-0.25, -0.2) is 13.6 Å². The van der Waals surface area contributed by atoms with Gasteiger partial charge in [0.1, 0.15) is 0 Å². The molecule has 1 N–H and O–H groups in total. The number of hydrogen-bond donors (Lipinski definition) is 1. The number of carbonyl (C=O) groups is 1. The molecule has 0 saturated heterocycles. The van der Waals surface area contributed by atoms with E-state index in [1.54, 1.807) is 0 Å². The summed E-state index contributed by atoms with van der Waals surface area (Å²) in [5.41, 5.74) is -0.546. The Kier molecular flexibility index (Phi) is 2.08. The fourth-order valence-corrected chi connectivity index (χ4v) is 0.811. The first-order valence-electron chi connectivity index (χ1n) is 3.22. The lowest BCUT2D eigenvalue weighted by Gasteiger charge is -2.00. The molecule has 0 aliphatic carbocycles. The minimum absolute atomic E-state index is 0.0949. The number of benzene rings is 1. The van der Waals surface area contributed by atoms with E-state index < -0.39 is 23.2 Å². The second-order valence-corrected chi connectivity index (χ2v) is 2.36. The number of carboxylic acids is 1. The number of rotatable bonds is 1. The van der Waals surface area contributed by atoms with E-state index in [-0.39, 0.29) is 5.56 Å². The lowest BCUT2D eigenvalue weighted by molar-refractivity contribution is 0.0690. The Morgan fingerprint density at radius 1 is 1.33 bits per heavy atom. The molecular formula is C8H6F2O2. The van der Waals surface area contributed by atoms with Crippen LogP contribution in [0.4, 0.5) is 8.78 Å². The van der Waals surface area contributed by atoms with Crippen LogP contribution in [0.15, 0.2) is 12.1 Å². The van der Waals surface area contributed by atoms with Gasteiger partial charge in [-0.3, -0.25) is 0 Å². The van der Waals surface area contributed by atoms with Crippen molar-refractivity contribution in [1.82, 2.24) is 0 Å². The van der Waals surface area contributed by atoms with E-state index >= 15 is 0 Å². The molecule has 0 saturated carbocycles. The van der Waals surface area contributed by atoms with Crippen LogP contribution in [-0.4, -0.2) is 11.1 Å². The Hall–Kier alpha value is -1.45. The highest BCUT2D eigenvalue weighted by Crippen LogP contribution is 2.15. The van der Waals surface area contributed by atoms with Gasteiger partial charge in [0.15, 0.2) is 11.6 Å². The first-order valence-corrected chi connectivity index (χ1v) is 3.22. The molecule has 0 aromatic heterocycles. The van der Waals surface area contributed by atoms with Gasteiger partial charge in [0.2, 0.25) is 0 Å². The van der Waals surface area contributed by atoms with Crippen LogP contribution in [-0.2, 0) is 0 Å². The Balaban J connectivity index is 3.36. The first kappa shape index (κ1) is 8.64. The van der Waals surface area contributed by atoms with Gasteiger partial charge >= 0.3 is 5.97 Å². The van der Waals surface area contributed by atoms with Crippen LogP contribution in [0.25, 0.3) is 0 Å². The number of aryl methyl sites for hydroxylation is 1. The largest absolute Gasteiger partial charge is 0.478 e. The lowest BCUT2D eigenvalue weighted by atomic mass is 10.1. The van der Waals surface area contributed by atoms with E-state index in [4.69, 9.17) is 5.11 Å². The molecular weight excluding hydrogens is 166 g/mol. The van der Waals surface area contributed by atoms with Crippen molar-refractivity contribution < 1.29 is 18.7 Å². The summed E-state index contributed by atoms with van der Waals surface area (Å²) in [6.07, 6.45) is 0. The maximum Gasteiger partial charge on any atom is 0.338 e. The zero-order valence-corrected chi connectivity index (χ0v) is 6.27. The van der Waals surface area contributed by atoms with Crippen molar-refractivity contribution in [3.63, 3.8) is 0 Å². The van der Waals surface area contributed by atoms with Gasteiger partial charge < -0.3 is 5.11 Å². The summed E-state index contributed by atoms with van der Waals surface area (Å²) in [7, 11) is 0. The molecule has 1 rings (SSSR count). The van der Waals surface area contributed by atoms with Crippen LogP contribution < -0.4 is 0 Å². The highest BCUT2D eigenvalue weighted by Gasteiger charge is 2.15. The monoisotopic (exact) mass is 172 g/mol. The molecule has 0 unspecified atom stereocenters. The summed E-state index contributed by atoms with van der Waals surface area (Å²) < 4.78 is 25.5. The van der Waals surface area contributed by atoms with Crippen LogP contribution in [0.2, 0.25) is 0 Å². The van der Waals surface area contributed by atoms with Gasteiger partial charge in [-0.1, -0.05) is 6.07 Å². The van der Waals surface area contributed by atoms with Crippen molar-refractivity contribution in [1.29, 1.82) is 0 Å². The molecule has 0 aliphatic rings. The van der Waals surface area contributed by atoms with Crippen LogP contribution in [0.3, 0.4) is 0 Å². The molecule has 0 aliphatic heterocycles. The van der Waals surface area contributed by atoms with Gasteiger partial charge in [-0.15, -0.1) is 0 Å². The third-order valence-corrected chi connectivity index (χ3v) is 1.51. The highest BCUT2D eigenvalue weighted by atomic mass is 19.2. The Morgan fingerprint density at radius 2 is 1.92 bits per heavy atom. The Labute approximate surface area is 67.4 Å². The van der Waals surface area contributed by atoms with Crippen LogP contribution in [0.1, 0.15) is 15.9 Å². The maximum atomic E-state index is 12.8. The van der Waals surface area contributed by atoms with Gasteiger partial charge in [0, 0.05) is 0 Å². The van der Waals surface area contributed by atoms with Crippen molar-refractivity contribution in [2.24, 2.45) is 0 Å². The molecule has 4 heteroatoms. The summed E-state index contributed by atoms with van der Waals surface area (Å²) in [4.78, 5) is 10.3. The van der Waals surface area contributed by atoms with Crippen LogP contribution >= 0.6 is 0 Å². The van der Waals surface area contributed by atoms with Gasteiger partial charge in [-0.05, 0) is 18.6 Å². The van der Waals surface area contributed by atoms with E-state index in [0.29, 0.717) is 0 Å². The smallest absolute Gasteiger partial charge is 0.338 e. The average molecular weight is 172 g/mol. The standard InChI is InChI=1S/C8H6F2O2/c1-4-2-3-5(8(11)12)7(10)6(4)9/h2-3H,1H3,(H,11,12). The number of halogens is 2. The maximum absolute atomic E-state index is 12.8. The molecule has 0 radical (unpaired) electrons. The van der Waals surface area contributed by atoms with Crippen LogP contribution in [0.5, 0.6) is 0 Å². The Bertz CT molecular complexity index is 334. The molecule has 0 amide bonds. The summed E-state index contributed by atoms with van der Waals surface area (Å²) in [5, 5.41) is 8.37. The van der Waals surface area contributed by atoms with E-state index in [2.05, 4.69) is 0 Å². The van der Waals surface area contributed by atoms with Crippen LogP contribution in [0, 0.1) is 18.6 Å². The van der Waals surface area contributed by atoms with Crippen molar-refractivity contribution in [2.75, 3.05) is 0 Å². The third kappa shape index (κ3) is 1.28. The predicted octanol–water partition coefficient (Wildman–Crippen LogP) is 1.97. The minimum atomic E-state index is -1.47. The SMILES string of the molecule is Cc1ccc(C(=O)O)c(F)c1F. The molecule has 1 aromatic carbocycles. The number of carboxylic acid groups (broad SMARTS) is 1. The number of aromatic carboxylic acids is 1. The molecule has 12 heavy (non-hydrogen) atoms. The molecule has 0 atom stereocenters. The second kappa shape index (κ2) is 2.89. The lowest BCUT2D eigenvalue weighted by Crippen LogP contribution is -2.03. The van der Waals surface area contributed by atoms with Gasteiger partial charge in [-0.2, -0.15) is 0 Å². The quantitative estimate of drug-likeness (QED) is 0.703. The first-order chi connectivity index (χ1) is 5.54. The average Bonchev–Trinajstić information content (AvgIpc) is 2.00. The number of hydrogen-bond acceptors (Lipinski definition) is 1. The van der Waals surface area contributed by atoms with Crippen molar-refractivity contribution in [3.8, 4) is 0 Å². The van der Waals surface area contributed by atoms with E-state index in [1.165, 1.54) is 13.0 Å². The van der Waals surface area contributed by atoms with Gasteiger partial charge in [0.05, 0.1) is 5.56 Å². The molecule has 2 nitrogen and oxygen atoms in total. The minimum Gasteiger partial charge on any atom is -0.478 e. The van der Waals surface area contributed by atoms with E-state index in [1.807, 2.05) is 0 Å². The molecule has 64 valence electrons. The Morgan fingerprint density at radius 3 is 2.42 bits per heavy atom. The van der Waals surface area contributed by atoms with Crippen molar-refractivity contribution in [3.05, 3.63) is 34.9 Å². The second-order valence-electron chi connectivity index (χ2n) is 2.36. The molecule has 0 heterocycles.